The molecule has 0 radical (unpaired) electrons. The maximum absolute atomic E-state index is 5.90. The van der Waals surface area contributed by atoms with E-state index < -0.39 is 0 Å². The van der Waals surface area contributed by atoms with Gasteiger partial charge in [0.25, 0.3) is 0 Å². The molecule has 0 aliphatic carbocycles. The molecule has 0 saturated carbocycles. The minimum Gasteiger partial charge on any atom is -0.494 e. The fraction of sp³-hybridized carbons (Fsp3) is 0.524. The molecule has 2 aliphatic heterocycles. The van der Waals surface area contributed by atoms with E-state index in [9.17, 15) is 0 Å². The smallest absolute Gasteiger partial charge is 0.229 e. The van der Waals surface area contributed by atoms with E-state index in [1.807, 2.05) is 6.07 Å². The maximum Gasteiger partial charge on any atom is 0.229 e. The zero-order valence-corrected chi connectivity index (χ0v) is 17.7. The lowest BCUT2D eigenvalue weighted by Gasteiger charge is -2.41. The van der Waals surface area contributed by atoms with E-state index in [2.05, 4.69) is 37.2 Å². The van der Waals surface area contributed by atoms with Crippen LogP contribution in [0.5, 0.6) is 5.75 Å². The van der Waals surface area contributed by atoms with Gasteiger partial charge in [0.15, 0.2) is 0 Å². The first kappa shape index (κ1) is 20.0. The van der Waals surface area contributed by atoms with Crippen LogP contribution < -0.4 is 20.7 Å². The number of methoxy groups -OCH3 is 1. The second kappa shape index (κ2) is 9.05. The summed E-state index contributed by atoms with van der Waals surface area (Å²) in [6, 6.07) is 6.93. The van der Waals surface area contributed by atoms with Crippen LogP contribution in [0.4, 0.5) is 23.1 Å². The Morgan fingerprint density at radius 1 is 1.14 bits per heavy atom. The van der Waals surface area contributed by atoms with Gasteiger partial charge < -0.3 is 25.6 Å². The van der Waals surface area contributed by atoms with Crippen LogP contribution >= 0.6 is 11.6 Å². The van der Waals surface area contributed by atoms with E-state index in [-0.39, 0.29) is 5.82 Å². The van der Waals surface area contributed by atoms with Crippen LogP contribution in [0.2, 0.25) is 5.02 Å². The third-order valence-corrected chi connectivity index (χ3v) is 6.23. The van der Waals surface area contributed by atoms with Crippen molar-refractivity contribution in [2.24, 2.45) is 0 Å². The van der Waals surface area contributed by atoms with E-state index >= 15 is 0 Å². The molecule has 2 fully saturated rings. The van der Waals surface area contributed by atoms with Crippen LogP contribution in [0.25, 0.3) is 0 Å². The van der Waals surface area contributed by atoms with Crippen molar-refractivity contribution in [1.82, 2.24) is 14.9 Å². The summed E-state index contributed by atoms with van der Waals surface area (Å²) in [6.45, 7) is 4.70. The average Bonchev–Trinajstić information content (AvgIpc) is 2.77. The highest BCUT2D eigenvalue weighted by Crippen LogP contribution is 2.33. The Hall–Kier alpha value is -2.25. The van der Waals surface area contributed by atoms with Crippen molar-refractivity contribution in [1.29, 1.82) is 0 Å². The summed E-state index contributed by atoms with van der Waals surface area (Å²) in [5.41, 5.74) is 7.74. The zero-order valence-electron chi connectivity index (χ0n) is 16.9. The van der Waals surface area contributed by atoms with E-state index in [0.29, 0.717) is 11.0 Å². The molecule has 2 saturated heterocycles. The van der Waals surface area contributed by atoms with Crippen LogP contribution in [0, 0.1) is 0 Å². The molecule has 0 unspecified atom stereocenters. The highest BCUT2D eigenvalue weighted by atomic mass is 35.5. The van der Waals surface area contributed by atoms with E-state index in [0.717, 1.165) is 30.6 Å². The van der Waals surface area contributed by atoms with Crippen molar-refractivity contribution in [2.75, 3.05) is 49.2 Å². The molecule has 3 heterocycles. The molecule has 0 amide bonds. The molecule has 0 bridgehead atoms. The van der Waals surface area contributed by atoms with Crippen molar-refractivity contribution in [3.8, 4) is 5.75 Å². The van der Waals surface area contributed by atoms with Gasteiger partial charge >= 0.3 is 0 Å². The molecule has 2 aromatic rings. The van der Waals surface area contributed by atoms with Crippen molar-refractivity contribution in [3.05, 3.63) is 29.4 Å². The number of piperidine rings is 2. The Bertz CT molecular complexity index is 834. The maximum atomic E-state index is 5.90. The summed E-state index contributed by atoms with van der Waals surface area (Å²) in [4.78, 5) is 13.5. The molecule has 29 heavy (non-hydrogen) atoms. The molecule has 7 nitrogen and oxygen atoms in total. The Kier molecular flexibility index (Phi) is 6.25. The highest BCUT2D eigenvalue weighted by Gasteiger charge is 2.26. The summed E-state index contributed by atoms with van der Waals surface area (Å²) < 4.78 is 5.61. The topological polar surface area (TPSA) is 79.5 Å². The summed E-state index contributed by atoms with van der Waals surface area (Å²) >= 11 is 5.90. The molecule has 2 aliphatic rings. The minimum atomic E-state index is 0.247. The van der Waals surface area contributed by atoms with Crippen molar-refractivity contribution < 1.29 is 4.74 Å². The molecular weight excluding hydrogens is 388 g/mol. The van der Waals surface area contributed by atoms with Crippen molar-refractivity contribution >= 4 is 34.7 Å². The first-order chi connectivity index (χ1) is 14.1. The van der Waals surface area contributed by atoms with Crippen LogP contribution in [-0.2, 0) is 0 Å². The highest BCUT2D eigenvalue weighted by molar-refractivity contribution is 6.32. The minimum absolute atomic E-state index is 0.247. The molecule has 0 spiro atoms. The molecule has 1 aromatic carbocycles. The van der Waals surface area contributed by atoms with Crippen LogP contribution in [0.3, 0.4) is 0 Å². The predicted octanol–water partition coefficient (Wildman–Crippen LogP) is 3.92. The fourth-order valence-electron chi connectivity index (χ4n) is 4.31. The van der Waals surface area contributed by atoms with Crippen LogP contribution in [0.15, 0.2) is 24.4 Å². The molecule has 1 aromatic heterocycles. The number of halogens is 1. The number of nitrogens with zero attached hydrogens (tertiary/aromatic N) is 4. The van der Waals surface area contributed by atoms with Gasteiger partial charge in [-0.25, -0.2) is 4.98 Å². The second-order valence-electron chi connectivity index (χ2n) is 7.75. The number of aromatic nitrogens is 2. The zero-order chi connectivity index (χ0) is 20.2. The molecule has 156 valence electrons. The number of nitrogen functional groups attached to an aromatic ring is 1. The number of anilines is 4. The predicted molar refractivity (Wildman–Crippen MR) is 118 cm³/mol. The van der Waals surface area contributed by atoms with Gasteiger partial charge in [0.2, 0.25) is 5.95 Å². The number of likely N-dealkylation sites (tertiary alicyclic amines) is 1. The Morgan fingerprint density at radius 2 is 1.90 bits per heavy atom. The number of benzene rings is 1. The van der Waals surface area contributed by atoms with Gasteiger partial charge in [-0.1, -0.05) is 18.0 Å². The molecule has 8 heteroatoms. The number of ether oxygens (including phenoxy) is 1. The fourth-order valence-corrected chi connectivity index (χ4v) is 4.40. The lowest BCUT2D eigenvalue weighted by Crippen LogP contribution is -2.46. The monoisotopic (exact) mass is 416 g/mol. The third-order valence-electron chi connectivity index (χ3n) is 5.94. The third kappa shape index (κ3) is 4.67. The van der Waals surface area contributed by atoms with Gasteiger partial charge in [-0.15, -0.1) is 0 Å². The number of rotatable bonds is 5. The lowest BCUT2D eigenvalue weighted by atomic mass is 9.99. The normalized spacial score (nSPS) is 18.6. The van der Waals surface area contributed by atoms with Crippen molar-refractivity contribution in [3.63, 3.8) is 0 Å². The Labute approximate surface area is 177 Å². The number of nitrogens with one attached hydrogen (secondary N) is 1. The first-order valence-corrected chi connectivity index (χ1v) is 10.7. The summed E-state index contributed by atoms with van der Waals surface area (Å²) in [5.74, 6) is 1.38. The standard InChI is InChI=1S/C21H29ClN6O/c1-29-19-13-16(5-6-18(19)25-21-24-14-17(22)20(23)26-21)28-11-7-15(8-12-28)27-9-3-2-4-10-27/h5-6,13-15H,2-4,7-12H2,1H3,(H3,23,24,25,26). The summed E-state index contributed by atoms with van der Waals surface area (Å²) in [5, 5.41) is 3.50. The largest absolute Gasteiger partial charge is 0.494 e. The number of hydrogen-bond donors (Lipinski definition) is 2. The van der Waals surface area contributed by atoms with E-state index in [4.69, 9.17) is 22.1 Å². The van der Waals surface area contributed by atoms with E-state index in [1.54, 1.807) is 7.11 Å². The van der Waals surface area contributed by atoms with Crippen molar-refractivity contribution in [2.45, 2.75) is 38.1 Å². The van der Waals surface area contributed by atoms with Crippen LogP contribution in [-0.4, -0.2) is 54.2 Å². The van der Waals surface area contributed by atoms with Gasteiger partial charge in [0, 0.05) is 30.9 Å². The average molecular weight is 417 g/mol. The second-order valence-corrected chi connectivity index (χ2v) is 8.16. The quantitative estimate of drug-likeness (QED) is 0.764. The molecular formula is C21H29ClN6O. The van der Waals surface area contributed by atoms with Gasteiger partial charge in [0.1, 0.15) is 16.6 Å². The van der Waals surface area contributed by atoms with Gasteiger partial charge in [-0.05, 0) is 50.9 Å². The SMILES string of the molecule is COc1cc(N2CCC(N3CCCCC3)CC2)ccc1Nc1ncc(Cl)c(N)n1. The Morgan fingerprint density at radius 3 is 2.59 bits per heavy atom. The molecule has 0 atom stereocenters. The molecule has 4 rings (SSSR count). The number of hydrogen-bond acceptors (Lipinski definition) is 7. The first-order valence-electron chi connectivity index (χ1n) is 10.4. The number of nitrogens with two attached hydrogens (primary N) is 1. The van der Waals surface area contributed by atoms with Gasteiger partial charge in [-0.2, -0.15) is 4.98 Å². The summed E-state index contributed by atoms with van der Waals surface area (Å²) in [6.07, 6.45) is 8.03. The Balaban J connectivity index is 1.42. The molecule has 3 N–H and O–H groups in total. The van der Waals surface area contributed by atoms with Gasteiger partial charge in [0.05, 0.1) is 19.0 Å². The van der Waals surface area contributed by atoms with Gasteiger partial charge in [-0.3, -0.25) is 0 Å². The van der Waals surface area contributed by atoms with Crippen LogP contribution in [0.1, 0.15) is 32.1 Å². The van der Waals surface area contributed by atoms with E-state index in [1.165, 1.54) is 57.1 Å². The summed E-state index contributed by atoms with van der Waals surface area (Å²) in [7, 11) is 1.67. The lowest BCUT2D eigenvalue weighted by molar-refractivity contribution is 0.141.